The number of hydrogen-bond acceptors (Lipinski definition) is 5. The van der Waals surface area contributed by atoms with E-state index < -0.39 is 0 Å². The van der Waals surface area contributed by atoms with E-state index in [1.54, 1.807) is 12.3 Å². The summed E-state index contributed by atoms with van der Waals surface area (Å²) < 4.78 is 1.84. The molecule has 1 amide bonds. The molecule has 0 saturated carbocycles. The molecule has 0 aliphatic carbocycles. The Bertz CT molecular complexity index is 1410. The average Bonchev–Trinajstić information content (AvgIpc) is 3.54. The quantitative estimate of drug-likeness (QED) is 0.457. The Morgan fingerprint density at radius 3 is 2.70 bits per heavy atom. The zero-order valence-corrected chi connectivity index (χ0v) is 19.5. The second kappa shape index (κ2) is 8.78. The van der Waals surface area contributed by atoms with Gasteiger partial charge in [-0.2, -0.15) is 5.10 Å². The van der Waals surface area contributed by atoms with Crippen molar-refractivity contribution in [2.24, 2.45) is 0 Å². The first kappa shape index (κ1) is 21.3. The highest BCUT2D eigenvalue weighted by Crippen LogP contribution is 2.28. The third kappa shape index (κ3) is 4.26. The number of nitrogens with one attached hydrogen (secondary N) is 1. The lowest BCUT2D eigenvalue weighted by Gasteiger charge is -2.17. The van der Waals surface area contributed by atoms with Crippen molar-refractivity contribution in [3.8, 4) is 0 Å². The number of likely N-dealkylation sites (tertiary alicyclic amines) is 1. The van der Waals surface area contributed by atoms with E-state index in [1.807, 2.05) is 47.8 Å². The molecule has 0 radical (unpaired) electrons. The molecule has 0 unspecified atom stereocenters. The van der Waals surface area contributed by atoms with E-state index in [4.69, 9.17) is 4.98 Å². The number of carbonyl (C=O) groups is 1. The minimum Gasteiger partial charge on any atom is -0.339 e. The summed E-state index contributed by atoms with van der Waals surface area (Å²) in [4.78, 5) is 37.4. The number of amides is 1. The Balaban J connectivity index is 1.55. The van der Waals surface area contributed by atoms with Gasteiger partial charge in [-0.05, 0) is 43.9 Å². The molecule has 1 aliphatic rings. The summed E-state index contributed by atoms with van der Waals surface area (Å²) in [5.41, 5.74) is 3.05. The van der Waals surface area contributed by atoms with Gasteiger partial charge in [-0.25, -0.2) is 4.98 Å². The van der Waals surface area contributed by atoms with Crippen LogP contribution in [0.15, 0.2) is 47.5 Å². The van der Waals surface area contributed by atoms with Crippen molar-refractivity contribution in [2.45, 2.75) is 33.2 Å². The summed E-state index contributed by atoms with van der Waals surface area (Å²) >= 11 is 1.48. The minimum atomic E-state index is -0.211. The van der Waals surface area contributed by atoms with E-state index in [0.29, 0.717) is 41.2 Å². The largest absolute Gasteiger partial charge is 0.339 e. The number of aromatic amines is 1. The number of benzene rings is 1. The fourth-order valence-corrected chi connectivity index (χ4v) is 5.21. The number of thiophene rings is 1. The van der Waals surface area contributed by atoms with Gasteiger partial charge in [0, 0.05) is 29.7 Å². The molecule has 0 atom stereocenters. The van der Waals surface area contributed by atoms with Crippen molar-refractivity contribution in [2.75, 3.05) is 13.1 Å². The van der Waals surface area contributed by atoms with Crippen LogP contribution in [0, 0.1) is 13.8 Å². The van der Waals surface area contributed by atoms with Crippen LogP contribution in [0.3, 0.4) is 0 Å². The molecule has 1 fully saturated rings. The normalized spacial score (nSPS) is 14.4. The summed E-state index contributed by atoms with van der Waals surface area (Å²) in [6.07, 6.45) is 7.39. The van der Waals surface area contributed by atoms with Crippen LogP contribution in [0.1, 0.15) is 40.2 Å². The highest BCUT2D eigenvalue weighted by atomic mass is 32.1. The molecule has 8 heteroatoms. The van der Waals surface area contributed by atoms with Gasteiger partial charge in [0.2, 0.25) is 0 Å². The van der Waals surface area contributed by atoms with Crippen molar-refractivity contribution in [3.05, 3.63) is 80.5 Å². The topological polar surface area (TPSA) is 83.9 Å². The number of fused-ring (bicyclic) bond motifs is 1. The molecular weight excluding hydrogens is 434 g/mol. The highest BCUT2D eigenvalue weighted by Gasteiger charge is 2.25. The molecular formula is C25H25N5O2S. The molecule has 0 bridgehead atoms. The van der Waals surface area contributed by atoms with Gasteiger partial charge in [0.05, 0.1) is 23.7 Å². The number of carbonyl (C=O) groups excluding carboxylic acids is 1. The van der Waals surface area contributed by atoms with Gasteiger partial charge < -0.3 is 9.88 Å². The fourth-order valence-electron chi connectivity index (χ4n) is 4.18. The predicted molar refractivity (Wildman–Crippen MR) is 131 cm³/mol. The lowest BCUT2D eigenvalue weighted by Crippen LogP contribution is -2.29. The molecule has 168 valence electrons. The molecule has 1 N–H and O–H groups in total. The summed E-state index contributed by atoms with van der Waals surface area (Å²) in [6, 6.07) is 10.1. The van der Waals surface area contributed by atoms with E-state index in [1.165, 1.54) is 11.3 Å². The summed E-state index contributed by atoms with van der Waals surface area (Å²) in [5, 5.41) is 5.06. The molecule has 33 heavy (non-hydrogen) atoms. The Morgan fingerprint density at radius 2 is 1.94 bits per heavy atom. The van der Waals surface area contributed by atoms with E-state index in [9.17, 15) is 9.59 Å². The average molecular weight is 460 g/mol. The molecule has 1 aliphatic heterocycles. The summed E-state index contributed by atoms with van der Waals surface area (Å²) in [5.74, 6) is 0.192. The first-order chi connectivity index (χ1) is 16.0. The summed E-state index contributed by atoms with van der Waals surface area (Å²) in [6.45, 7) is 5.98. The van der Waals surface area contributed by atoms with Gasteiger partial charge in [0.1, 0.15) is 10.7 Å². The van der Waals surface area contributed by atoms with Crippen LogP contribution < -0.4 is 5.56 Å². The molecule has 1 saturated heterocycles. The Labute approximate surface area is 195 Å². The molecule has 7 nitrogen and oxygen atoms in total. The number of hydrogen-bond donors (Lipinski definition) is 1. The van der Waals surface area contributed by atoms with Crippen LogP contribution >= 0.6 is 11.3 Å². The first-order valence-corrected chi connectivity index (χ1v) is 11.9. The maximum absolute atomic E-state index is 13.4. The molecule has 0 spiro atoms. The SMILES string of the molecule is Cc1sc2nc(/C(=C\c3cnn(Cc4ccccc4)c3)C(=O)N3CCCC3)[nH]c(=O)c2c1C. The van der Waals surface area contributed by atoms with Gasteiger partial charge in [0.15, 0.2) is 0 Å². The summed E-state index contributed by atoms with van der Waals surface area (Å²) in [7, 11) is 0. The standard InChI is InChI=1S/C25H25N5O2S/c1-16-17(2)33-24-21(16)23(31)27-22(28-24)20(25(32)29-10-6-7-11-29)12-19-13-26-30(15-19)14-18-8-4-3-5-9-18/h3-5,8-9,12-13,15H,6-7,10-11,14H2,1-2H3,(H,27,28,31)/b20-12+. The minimum absolute atomic E-state index is 0.115. The van der Waals surface area contributed by atoms with Crippen LogP contribution in [-0.4, -0.2) is 43.6 Å². The molecule has 5 rings (SSSR count). The number of aromatic nitrogens is 4. The highest BCUT2D eigenvalue weighted by molar-refractivity contribution is 7.18. The Hall–Kier alpha value is -3.52. The maximum atomic E-state index is 13.4. The zero-order chi connectivity index (χ0) is 22.9. The van der Waals surface area contributed by atoms with Crippen LogP contribution in [0.25, 0.3) is 21.9 Å². The molecule has 4 heterocycles. The Morgan fingerprint density at radius 1 is 1.18 bits per heavy atom. The number of H-pyrrole nitrogens is 1. The van der Waals surface area contributed by atoms with Crippen LogP contribution in [-0.2, 0) is 11.3 Å². The first-order valence-electron chi connectivity index (χ1n) is 11.1. The van der Waals surface area contributed by atoms with E-state index in [0.717, 1.165) is 34.4 Å². The number of aryl methyl sites for hydroxylation is 2. The van der Waals surface area contributed by atoms with Gasteiger partial charge >= 0.3 is 0 Å². The van der Waals surface area contributed by atoms with Crippen molar-refractivity contribution in [1.29, 1.82) is 0 Å². The van der Waals surface area contributed by atoms with Gasteiger partial charge in [-0.15, -0.1) is 11.3 Å². The third-order valence-corrected chi connectivity index (χ3v) is 7.17. The maximum Gasteiger partial charge on any atom is 0.260 e. The second-order valence-electron chi connectivity index (χ2n) is 8.39. The van der Waals surface area contributed by atoms with Crippen molar-refractivity contribution in [3.63, 3.8) is 0 Å². The molecule has 4 aromatic rings. The van der Waals surface area contributed by atoms with E-state index in [-0.39, 0.29) is 11.5 Å². The zero-order valence-electron chi connectivity index (χ0n) is 18.7. The van der Waals surface area contributed by atoms with Crippen LogP contribution in [0.5, 0.6) is 0 Å². The van der Waals surface area contributed by atoms with Crippen molar-refractivity contribution < 1.29 is 4.79 Å². The monoisotopic (exact) mass is 459 g/mol. The van der Waals surface area contributed by atoms with Crippen LogP contribution in [0.4, 0.5) is 0 Å². The van der Waals surface area contributed by atoms with Crippen LogP contribution in [0.2, 0.25) is 0 Å². The number of rotatable bonds is 5. The lowest BCUT2D eigenvalue weighted by atomic mass is 10.1. The molecule has 3 aromatic heterocycles. The van der Waals surface area contributed by atoms with Gasteiger partial charge in [0.25, 0.3) is 11.5 Å². The van der Waals surface area contributed by atoms with Crippen molar-refractivity contribution in [1.82, 2.24) is 24.6 Å². The Kier molecular flexibility index (Phi) is 5.68. The molecule has 1 aromatic carbocycles. The third-order valence-electron chi connectivity index (χ3n) is 6.07. The number of nitrogens with zero attached hydrogens (tertiary/aromatic N) is 4. The fraction of sp³-hybridized carbons (Fsp3) is 0.280. The van der Waals surface area contributed by atoms with Crippen molar-refractivity contribution >= 4 is 39.1 Å². The van der Waals surface area contributed by atoms with Gasteiger partial charge in [-0.3, -0.25) is 14.3 Å². The second-order valence-corrected chi connectivity index (χ2v) is 9.60. The van der Waals surface area contributed by atoms with Gasteiger partial charge in [-0.1, -0.05) is 30.3 Å². The van der Waals surface area contributed by atoms with E-state index >= 15 is 0 Å². The smallest absolute Gasteiger partial charge is 0.260 e. The predicted octanol–water partition coefficient (Wildman–Crippen LogP) is 4.01. The lowest BCUT2D eigenvalue weighted by molar-refractivity contribution is -0.123. The van der Waals surface area contributed by atoms with E-state index in [2.05, 4.69) is 22.2 Å².